The molecule has 2 rings (SSSR count). The fourth-order valence-electron chi connectivity index (χ4n) is 2.79. The molecule has 0 unspecified atom stereocenters. The van der Waals surface area contributed by atoms with Crippen molar-refractivity contribution >= 4 is 34.3 Å². The van der Waals surface area contributed by atoms with Gasteiger partial charge in [-0.25, -0.2) is 0 Å². The summed E-state index contributed by atoms with van der Waals surface area (Å²) in [5.41, 5.74) is 1.61. The van der Waals surface area contributed by atoms with Crippen LogP contribution in [0.5, 0.6) is 0 Å². The van der Waals surface area contributed by atoms with E-state index in [9.17, 15) is 20.2 Å². The number of azo groups is 1. The molecule has 1 amide bonds. The third kappa shape index (κ3) is 6.83. The van der Waals surface area contributed by atoms with Gasteiger partial charge in [0.1, 0.15) is 17.4 Å². The van der Waals surface area contributed by atoms with Crippen LogP contribution < -0.4 is 10.2 Å². The minimum Gasteiger partial charge on any atom is -0.383 e. The second-order valence-corrected chi connectivity index (χ2v) is 6.63. The van der Waals surface area contributed by atoms with Crippen LogP contribution in [0.1, 0.15) is 12.5 Å². The number of nitro groups is 1. The number of nitrogens with zero attached hydrogens (tertiary/aromatic N) is 5. The molecular formula is C21H24N6O5. The van der Waals surface area contributed by atoms with Crippen LogP contribution >= 0.6 is 0 Å². The maximum Gasteiger partial charge on any atom is 0.270 e. The van der Waals surface area contributed by atoms with Gasteiger partial charge in [-0.1, -0.05) is 0 Å². The number of nitrogens with one attached hydrogen (secondary N) is 1. The molecule has 0 aromatic heterocycles. The van der Waals surface area contributed by atoms with Crippen molar-refractivity contribution in [1.82, 2.24) is 0 Å². The van der Waals surface area contributed by atoms with E-state index >= 15 is 0 Å². The number of benzene rings is 2. The number of nitriles is 1. The number of carbonyl (C=O) groups is 1. The van der Waals surface area contributed by atoms with Gasteiger partial charge in [-0.3, -0.25) is 14.9 Å². The molecule has 0 fully saturated rings. The monoisotopic (exact) mass is 440 g/mol. The van der Waals surface area contributed by atoms with Gasteiger partial charge in [0, 0.05) is 52.1 Å². The number of amides is 1. The lowest BCUT2D eigenvalue weighted by Gasteiger charge is -2.25. The highest BCUT2D eigenvalue weighted by Gasteiger charge is 2.13. The van der Waals surface area contributed by atoms with Crippen molar-refractivity contribution in [2.45, 2.75) is 6.92 Å². The molecule has 11 heteroatoms. The van der Waals surface area contributed by atoms with Crippen LogP contribution in [0.4, 0.5) is 28.4 Å². The van der Waals surface area contributed by atoms with E-state index in [1.54, 1.807) is 26.4 Å². The molecule has 0 spiro atoms. The summed E-state index contributed by atoms with van der Waals surface area (Å²) in [4.78, 5) is 24.1. The Balaban J connectivity index is 2.40. The quantitative estimate of drug-likeness (QED) is 0.317. The Morgan fingerprint density at radius 1 is 1.12 bits per heavy atom. The number of hydrogen-bond acceptors (Lipinski definition) is 9. The molecular weight excluding hydrogens is 416 g/mol. The van der Waals surface area contributed by atoms with Crippen molar-refractivity contribution in [1.29, 1.82) is 5.26 Å². The van der Waals surface area contributed by atoms with Gasteiger partial charge < -0.3 is 19.7 Å². The molecule has 0 aliphatic heterocycles. The summed E-state index contributed by atoms with van der Waals surface area (Å²) >= 11 is 0. The Bertz CT molecular complexity index is 1030. The van der Waals surface area contributed by atoms with Crippen LogP contribution in [0.15, 0.2) is 46.6 Å². The van der Waals surface area contributed by atoms with Gasteiger partial charge in [0.15, 0.2) is 0 Å². The number of carbonyl (C=O) groups excluding carboxylic acids is 1. The summed E-state index contributed by atoms with van der Waals surface area (Å²) in [5, 5.41) is 31.1. The van der Waals surface area contributed by atoms with Gasteiger partial charge in [-0.15, -0.1) is 10.2 Å². The average Bonchev–Trinajstić information content (AvgIpc) is 2.77. The minimum absolute atomic E-state index is 0.0194. The predicted molar refractivity (Wildman–Crippen MR) is 119 cm³/mol. The van der Waals surface area contributed by atoms with Crippen LogP contribution in [0, 0.1) is 21.4 Å². The number of methoxy groups -OCH3 is 2. The Kier molecular flexibility index (Phi) is 9.22. The van der Waals surface area contributed by atoms with Crippen LogP contribution in [0.2, 0.25) is 0 Å². The number of anilines is 2. The number of rotatable bonds is 11. The first kappa shape index (κ1) is 24.4. The van der Waals surface area contributed by atoms with Crippen LogP contribution in [-0.2, 0) is 14.3 Å². The molecule has 0 saturated carbocycles. The lowest BCUT2D eigenvalue weighted by atomic mass is 10.2. The highest BCUT2D eigenvalue weighted by Crippen LogP contribution is 2.33. The van der Waals surface area contributed by atoms with Crippen LogP contribution in [-0.4, -0.2) is 51.4 Å². The van der Waals surface area contributed by atoms with Crippen molar-refractivity contribution in [3.8, 4) is 6.07 Å². The van der Waals surface area contributed by atoms with E-state index in [-0.39, 0.29) is 22.8 Å². The summed E-state index contributed by atoms with van der Waals surface area (Å²) in [5.74, 6) is -0.285. The van der Waals surface area contributed by atoms with E-state index in [0.717, 1.165) is 11.8 Å². The topological polar surface area (TPSA) is 142 Å². The zero-order chi connectivity index (χ0) is 23.5. The number of nitro benzene ring substituents is 1. The number of hydrogen-bond donors (Lipinski definition) is 1. The van der Waals surface area contributed by atoms with E-state index in [1.165, 1.54) is 19.1 Å². The summed E-state index contributed by atoms with van der Waals surface area (Å²) in [6.45, 7) is 3.64. The molecule has 2 aromatic carbocycles. The Morgan fingerprint density at radius 2 is 1.75 bits per heavy atom. The molecule has 0 aliphatic rings. The Hall–Kier alpha value is -3.88. The number of non-ortho nitro benzene ring substituents is 1. The van der Waals surface area contributed by atoms with Crippen molar-refractivity contribution < 1.29 is 19.2 Å². The Labute approximate surface area is 185 Å². The summed E-state index contributed by atoms with van der Waals surface area (Å²) in [7, 11) is 3.24. The van der Waals surface area contributed by atoms with E-state index in [4.69, 9.17) is 9.47 Å². The lowest BCUT2D eigenvalue weighted by molar-refractivity contribution is -0.384. The first-order chi connectivity index (χ1) is 15.4. The van der Waals surface area contributed by atoms with Gasteiger partial charge in [-0.2, -0.15) is 5.26 Å². The van der Waals surface area contributed by atoms with Gasteiger partial charge in [0.2, 0.25) is 5.91 Å². The van der Waals surface area contributed by atoms with Crippen molar-refractivity contribution in [3.05, 3.63) is 52.1 Å². The zero-order valence-corrected chi connectivity index (χ0v) is 18.1. The summed E-state index contributed by atoms with van der Waals surface area (Å²) in [6.07, 6.45) is 0. The van der Waals surface area contributed by atoms with E-state index < -0.39 is 4.92 Å². The van der Waals surface area contributed by atoms with Crippen molar-refractivity contribution in [3.63, 3.8) is 0 Å². The molecule has 168 valence electrons. The second-order valence-electron chi connectivity index (χ2n) is 6.63. The van der Waals surface area contributed by atoms with E-state index in [0.29, 0.717) is 37.7 Å². The molecule has 0 radical (unpaired) electrons. The molecule has 0 heterocycles. The second kappa shape index (κ2) is 12.1. The lowest BCUT2D eigenvalue weighted by Crippen LogP contribution is -2.30. The smallest absolute Gasteiger partial charge is 0.270 e. The van der Waals surface area contributed by atoms with Crippen molar-refractivity contribution in [2.75, 3.05) is 50.7 Å². The van der Waals surface area contributed by atoms with Gasteiger partial charge in [0.25, 0.3) is 5.69 Å². The van der Waals surface area contributed by atoms with Gasteiger partial charge >= 0.3 is 0 Å². The van der Waals surface area contributed by atoms with Gasteiger partial charge in [0.05, 0.1) is 29.4 Å². The fraction of sp³-hybridized carbons (Fsp3) is 0.333. The summed E-state index contributed by atoms with van der Waals surface area (Å²) < 4.78 is 10.3. The zero-order valence-electron chi connectivity index (χ0n) is 18.1. The largest absolute Gasteiger partial charge is 0.383 e. The normalized spacial score (nSPS) is 10.7. The van der Waals surface area contributed by atoms with Crippen LogP contribution in [0.25, 0.3) is 0 Å². The molecule has 0 bridgehead atoms. The molecule has 0 saturated heterocycles. The molecule has 32 heavy (non-hydrogen) atoms. The molecule has 11 nitrogen and oxygen atoms in total. The third-order valence-electron chi connectivity index (χ3n) is 4.36. The Morgan fingerprint density at radius 3 is 2.31 bits per heavy atom. The van der Waals surface area contributed by atoms with Crippen LogP contribution in [0.3, 0.4) is 0 Å². The van der Waals surface area contributed by atoms with Gasteiger partial charge in [-0.05, 0) is 24.3 Å². The highest BCUT2D eigenvalue weighted by molar-refractivity contribution is 5.93. The molecule has 0 aliphatic carbocycles. The minimum atomic E-state index is -0.589. The summed E-state index contributed by atoms with van der Waals surface area (Å²) in [6, 6.07) is 10.9. The first-order valence-electron chi connectivity index (χ1n) is 9.64. The SMILES string of the molecule is COCCN(CCOC)c1ccc(/N=N/c2ccc([N+](=O)[O-])cc2C#N)c(NC(C)=O)c1. The number of ether oxygens (including phenoxy) is 2. The van der Waals surface area contributed by atoms with E-state index in [2.05, 4.69) is 15.5 Å². The third-order valence-corrected chi connectivity index (χ3v) is 4.36. The molecule has 0 atom stereocenters. The molecule has 1 N–H and O–H groups in total. The van der Waals surface area contributed by atoms with E-state index in [1.807, 2.05) is 17.0 Å². The van der Waals surface area contributed by atoms with Crippen molar-refractivity contribution in [2.24, 2.45) is 10.2 Å². The maximum atomic E-state index is 11.7. The fourth-order valence-corrected chi connectivity index (χ4v) is 2.79. The molecule has 2 aromatic rings. The predicted octanol–water partition coefficient (Wildman–Crippen LogP) is 3.94. The highest BCUT2D eigenvalue weighted by atomic mass is 16.6. The average molecular weight is 440 g/mol. The first-order valence-corrected chi connectivity index (χ1v) is 9.64. The standard InChI is InChI=1S/C21H24N6O5/c1-15(28)23-21-13-17(26(8-10-31-2)9-11-32-3)4-7-20(21)25-24-19-6-5-18(27(29)30)12-16(19)14-22/h4-7,12-13H,8-11H2,1-3H3,(H,23,28)/b25-24+. The maximum absolute atomic E-state index is 11.7.